The molecule has 158 valence electrons. The molecule has 1 N–H and O–H groups in total. The molecule has 0 spiro atoms. The van der Waals surface area contributed by atoms with Gasteiger partial charge >= 0.3 is 16.1 Å². The normalized spacial score (nSPS) is 11.0. The maximum atomic E-state index is 12.9. The predicted octanol–water partition coefficient (Wildman–Crippen LogP) is 3.86. The average Bonchev–Trinajstić information content (AvgIpc) is 3.20. The quantitative estimate of drug-likeness (QED) is 0.545. The first-order valence-electron chi connectivity index (χ1n) is 9.04. The van der Waals surface area contributed by atoms with Gasteiger partial charge in [0.15, 0.2) is 11.5 Å². The molecular weight excluding hydrogens is 408 g/mol. The van der Waals surface area contributed by atoms with Crippen molar-refractivity contribution in [1.82, 2.24) is 4.90 Å². The van der Waals surface area contributed by atoms with Crippen LogP contribution in [-0.4, -0.2) is 32.7 Å². The molecule has 30 heavy (non-hydrogen) atoms. The van der Waals surface area contributed by atoms with Crippen LogP contribution in [0.1, 0.15) is 11.3 Å². The summed E-state index contributed by atoms with van der Waals surface area (Å²) >= 11 is 0. The van der Waals surface area contributed by atoms with E-state index in [1.807, 2.05) is 18.2 Å². The highest BCUT2D eigenvalue weighted by Crippen LogP contribution is 2.30. The number of carbonyl (C=O) groups is 1. The zero-order chi connectivity index (χ0) is 21.6. The van der Waals surface area contributed by atoms with Gasteiger partial charge in [-0.05, 0) is 42.0 Å². The Kier molecular flexibility index (Phi) is 6.63. The topological polar surface area (TPSA) is 98.1 Å². The van der Waals surface area contributed by atoms with E-state index in [1.54, 1.807) is 36.4 Å². The number of anilines is 1. The third-order valence-electron chi connectivity index (χ3n) is 4.08. The molecule has 8 nitrogen and oxygen atoms in total. The Bertz CT molecular complexity index is 1080. The fraction of sp³-hybridized carbons (Fsp3) is 0.190. The van der Waals surface area contributed by atoms with Gasteiger partial charge in [-0.1, -0.05) is 24.3 Å². The molecule has 0 fully saturated rings. The second-order valence-electron chi connectivity index (χ2n) is 6.50. The first-order chi connectivity index (χ1) is 14.3. The molecule has 3 aromatic rings. The molecular formula is C21H22N2O6S. The van der Waals surface area contributed by atoms with E-state index in [-0.39, 0.29) is 30.6 Å². The van der Waals surface area contributed by atoms with Crippen molar-refractivity contribution >= 4 is 21.8 Å². The molecule has 2 amide bonds. The lowest BCUT2D eigenvalue weighted by atomic mass is 10.2. The highest BCUT2D eigenvalue weighted by Gasteiger charge is 2.18. The highest BCUT2D eigenvalue weighted by atomic mass is 32.2. The van der Waals surface area contributed by atoms with Crippen molar-refractivity contribution in [3.05, 3.63) is 78.3 Å². The number of nitrogens with zero attached hydrogens (tertiary/aromatic N) is 1. The number of ether oxygens (including phenoxy) is 1. The number of rotatable bonds is 8. The van der Waals surface area contributed by atoms with Crippen LogP contribution in [0.2, 0.25) is 0 Å². The molecule has 0 aliphatic heterocycles. The molecule has 0 atom stereocenters. The van der Waals surface area contributed by atoms with Crippen molar-refractivity contribution in [1.29, 1.82) is 0 Å². The summed E-state index contributed by atoms with van der Waals surface area (Å²) in [4.78, 5) is 14.4. The summed E-state index contributed by atoms with van der Waals surface area (Å²) in [5, 5.41) is 2.84. The minimum Gasteiger partial charge on any atom is -0.493 e. The summed E-state index contributed by atoms with van der Waals surface area (Å²) < 4.78 is 38.7. The van der Waals surface area contributed by atoms with Crippen LogP contribution < -0.4 is 14.2 Å². The van der Waals surface area contributed by atoms with E-state index in [9.17, 15) is 13.2 Å². The summed E-state index contributed by atoms with van der Waals surface area (Å²) in [7, 11) is -2.32. The zero-order valence-electron chi connectivity index (χ0n) is 16.6. The van der Waals surface area contributed by atoms with Gasteiger partial charge in [-0.2, -0.15) is 8.42 Å². The van der Waals surface area contributed by atoms with E-state index in [2.05, 4.69) is 5.32 Å². The van der Waals surface area contributed by atoms with Gasteiger partial charge in [0, 0.05) is 12.2 Å². The van der Waals surface area contributed by atoms with Crippen molar-refractivity contribution in [3.8, 4) is 11.5 Å². The smallest absolute Gasteiger partial charge is 0.322 e. The van der Waals surface area contributed by atoms with Gasteiger partial charge in [0.2, 0.25) is 0 Å². The number of amides is 2. The molecule has 0 saturated heterocycles. The van der Waals surface area contributed by atoms with Gasteiger partial charge in [0.1, 0.15) is 5.76 Å². The fourth-order valence-electron chi connectivity index (χ4n) is 2.78. The van der Waals surface area contributed by atoms with Gasteiger partial charge in [0.05, 0.1) is 26.2 Å². The maximum Gasteiger partial charge on any atom is 0.322 e. The van der Waals surface area contributed by atoms with Gasteiger partial charge in [-0.25, -0.2) is 4.79 Å². The Balaban J connectivity index is 1.85. The third kappa shape index (κ3) is 6.02. The summed E-state index contributed by atoms with van der Waals surface area (Å²) in [6, 6.07) is 17.1. The third-order valence-corrected chi connectivity index (χ3v) is 4.56. The molecule has 1 heterocycles. The largest absolute Gasteiger partial charge is 0.493 e. The molecule has 1 aromatic heterocycles. The van der Waals surface area contributed by atoms with Crippen molar-refractivity contribution in [2.75, 3.05) is 18.7 Å². The number of hydrogen-bond acceptors (Lipinski definition) is 6. The summed E-state index contributed by atoms with van der Waals surface area (Å²) in [5.74, 6) is 0.939. The second-order valence-corrected chi connectivity index (χ2v) is 8.08. The van der Waals surface area contributed by atoms with Crippen LogP contribution >= 0.6 is 0 Å². The van der Waals surface area contributed by atoms with E-state index >= 15 is 0 Å². The first-order valence-corrected chi connectivity index (χ1v) is 10.9. The van der Waals surface area contributed by atoms with Gasteiger partial charge in [-0.3, -0.25) is 0 Å². The van der Waals surface area contributed by atoms with Gasteiger partial charge < -0.3 is 23.6 Å². The van der Waals surface area contributed by atoms with Crippen LogP contribution in [0.5, 0.6) is 11.5 Å². The minimum atomic E-state index is -3.74. The van der Waals surface area contributed by atoms with Crippen LogP contribution in [-0.2, 0) is 23.2 Å². The highest BCUT2D eigenvalue weighted by molar-refractivity contribution is 7.86. The molecule has 0 aliphatic rings. The Labute approximate surface area is 175 Å². The van der Waals surface area contributed by atoms with Crippen LogP contribution in [0.4, 0.5) is 10.5 Å². The van der Waals surface area contributed by atoms with Crippen LogP contribution in [0.25, 0.3) is 0 Å². The van der Waals surface area contributed by atoms with Gasteiger partial charge in [-0.15, -0.1) is 0 Å². The van der Waals surface area contributed by atoms with Crippen molar-refractivity contribution < 1.29 is 26.5 Å². The molecule has 0 bridgehead atoms. The Morgan fingerprint density at radius 1 is 1.03 bits per heavy atom. The summed E-state index contributed by atoms with van der Waals surface area (Å²) in [5.41, 5.74) is 1.31. The number of carbonyl (C=O) groups excluding carboxylic acids is 1. The van der Waals surface area contributed by atoms with Crippen LogP contribution in [0.3, 0.4) is 0 Å². The fourth-order valence-corrected chi connectivity index (χ4v) is 3.24. The SMILES string of the molecule is COc1ccc(CN(Cc2ccco2)C(=O)Nc2ccccc2)cc1OS(C)(=O)=O. The number of benzene rings is 2. The number of methoxy groups -OCH3 is 1. The lowest BCUT2D eigenvalue weighted by Crippen LogP contribution is -2.34. The molecule has 9 heteroatoms. The van der Waals surface area contributed by atoms with E-state index in [1.165, 1.54) is 24.3 Å². The Morgan fingerprint density at radius 2 is 1.80 bits per heavy atom. The maximum absolute atomic E-state index is 12.9. The van der Waals surface area contributed by atoms with Crippen molar-refractivity contribution in [3.63, 3.8) is 0 Å². The number of nitrogens with one attached hydrogen (secondary N) is 1. The van der Waals surface area contributed by atoms with Gasteiger partial charge in [0.25, 0.3) is 0 Å². The zero-order valence-corrected chi connectivity index (χ0v) is 17.4. The number of hydrogen-bond donors (Lipinski definition) is 1. The first kappa shape index (κ1) is 21.3. The standard InChI is InChI=1S/C21H22N2O6S/c1-27-19-11-10-16(13-20(19)29-30(2,25)26)14-23(15-18-9-6-12-28-18)21(24)22-17-7-4-3-5-8-17/h3-13H,14-15H2,1-2H3,(H,22,24). The van der Waals surface area contributed by atoms with E-state index in [4.69, 9.17) is 13.3 Å². The monoisotopic (exact) mass is 430 g/mol. The predicted molar refractivity (Wildman–Crippen MR) is 112 cm³/mol. The molecule has 0 radical (unpaired) electrons. The number of para-hydroxylation sites is 1. The molecule has 3 rings (SSSR count). The van der Waals surface area contributed by atoms with Crippen molar-refractivity contribution in [2.24, 2.45) is 0 Å². The Morgan fingerprint density at radius 3 is 2.43 bits per heavy atom. The second kappa shape index (κ2) is 9.36. The van der Waals surface area contributed by atoms with E-state index in [0.29, 0.717) is 17.0 Å². The summed E-state index contributed by atoms with van der Waals surface area (Å²) in [6.07, 6.45) is 2.49. The van der Waals surface area contributed by atoms with Crippen LogP contribution in [0.15, 0.2) is 71.3 Å². The molecule has 0 aliphatic carbocycles. The average molecular weight is 430 g/mol. The van der Waals surface area contributed by atoms with Crippen LogP contribution in [0, 0.1) is 0 Å². The number of urea groups is 1. The minimum absolute atomic E-state index is 0.0546. The molecule has 2 aromatic carbocycles. The molecule has 0 unspecified atom stereocenters. The van der Waals surface area contributed by atoms with Crippen molar-refractivity contribution in [2.45, 2.75) is 13.1 Å². The number of furan rings is 1. The van der Waals surface area contributed by atoms with E-state index in [0.717, 1.165) is 6.26 Å². The molecule has 0 saturated carbocycles. The van der Waals surface area contributed by atoms with E-state index < -0.39 is 10.1 Å². The summed E-state index contributed by atoms with van der Waals surface area (Å²) in [6.45, 7) is 0.406. The Hall–Kier alpha value is -3.46. The lowest BCUT2D eigenvalue weighted by molar-refractivity contribution is 0.201. The lowest BCUT2D eigenvalue weighted by Gasteiger charge is -2.23.